The molecule has 4 N–H and O–H groups in total. The molecule has 2 aromatic carbocycles. The summed E-state index contributed by atoms with van der Waals surface area (Å²) < 4.78 is 26.7. The summed E-state index contributed by atoms with van der Waals surface area (Å²) >= 11 is 5.71. The van der Waals surface area contributed by atoms with E-state index in [1.54, 1.807) is 0 Å². The van der Waals surface area contributed by atoms with Crippen LogP contribution in [0.4, 0.5) is 5.69 Å². The minimum absolute atomic E-state index is 0.0508. The van der Waals surface area contributed by atoms with Gasteiger partial charge >= 0.3 is 5.97 Å². The van der Waals surface area contributed by atoms with Crippen LogP contribution in [0.1, 0.15) is 10.4 Å². The molecule has 1 amide bonds. The van der Waals surface area contributed by atoms with E-state index in [0.29, 0.717) is 5.02 Å². The van der Waals surface area contributed by atoms with E-state index in [9.17, 15) is 23.1 Å². The Morgan fingerprint density at radius 1 is 1.12 bits per heavy atom. The number of hydrogen-bond donors (Lipinski definition) is 4. The zero-order valence-corrected chi connectivity index (χ0v) is 14.8. The highest BCUT2D eigenvalue weighted by molar-refractivity contribution is 7.89. The fraction of sp³-hybridized carbons (Fsp3) is 0.125. The Morgan fingerprint density at radius 2 is 1.77 bits per heavy atom. The Hall–Kier alpha value is -2.46. The molecular weight excluding hydrogens is 384 g/mol. The van der Waals surface area contributed by atoms with Crippen LogP contribution in [-0.2, 0) is 14.8 Å². The summed E-state index contributed by atoms with van der Waals surface area (Å²) in [5, 5.41) is 21.0. The van der Waals surface area contributed by atoms with E-state index in [1.165, 1.54) is 48.5 Å². The molecule has 0 aliphatic heterocycles. The number of aliphatic hydroxyl groups is 1. The third-order valence-corrected chi connectivity index (χ3v) is 5.04. The van der Waals surface area contributed by atoms with Crippen molar-refractivity contribution in [3.63, 3.8) is 0 Å². The number of carbonyl (C=O) groups excluding carboxylic acids is 1. The number of hydrogen-bond acceptors (Lipinski definition) is 5. The fourth-order valence-corrected chi connectivity index (χ4v) is 3.31. The maximum Gasteiger partial charge on any atom is 0.335 e. The SMILES string of the molecule is O=C(O)c1cccc(NC(=O)C(CO)NS(=O)(=O)c2ccc(Cl)cc2)c1. The van der Waals surface area contributed by atoms with Crippen molar-refractivity contribution in [1.29, 1.82) is 0 Å². The van der Waals surface area contributed by atoms with E-state index in [4.69, 9.17) is 16.7 Å². The zero-order valence-electron chi connectivity index (χ0n) is 13.2. The van der Waals surface area contributed by atoms with Crippen LogP contribution >= 0.6 is 11.6 Å². The molecule has 26 heavy (non-hydrogen) atoms. The first kappa shape index (κ1) is 19.9. The minimum Gasteiger partial charge on any atom is -0.478 e. The van der Waals surface area contributed by atoms with E-state index < -0.39 is 34.5 Å². The topological polar surface area (TPSA) is 133 Å². The Bertz CT molecular complexity index is 915. The van der Waals surface area contributed by atoms with Crippen molar-refractivity contribution in [2.75, 3.05) is 11.9 Å². The van der Waals surface area contributed by atoms with E-state index in [1.807, 2.05) is 0 Å². The maximum absolute atomic E-state index is 12.3. The van der Waals surface area contributed by atoms with Crippen LogP contribution < -0.4 is 10.0 Å². The van der Waals surface area contributed by atoms with Gasteiger partial charge in [-0.2, -0.15) is 4.72 Å². The number of halogens is 1. The molecule has 0 saturated carbocycles. The molecule has 2 rings (SSSR count). The second kappa shape index (κ2) is 8.28. The van der Waals surface area contributed by atoms with Crippen molar-refractivity contribution >= 4 is 39.2 Å². The molecule has 0 bridgehead atoms. The fourth-order valence-electron chi connectivity index (χ4n) is 2.00. The maximum atomic E-state index is 12.3. The molecule has 0 spiro atoms. The Labute approximate surface area is 154 Å². The Morgan fingerprint density at radius 3 is 2.35 bits per heavy atom. The first-order valence-electron chi connectivity index (χ1n) is 7.26. The number of sulfonamides is 1. The van der Waals surface area contributed by atoms with E-state index in [0.717, 1.165) is 0 Å². The molecule has 0 heterocycles. The van der Waals surface area contributed by atoms with E-state index >= 15 is 0 Å². The number of aliphatic hydroxyl groups excluding tert-OH is 1. The van der Waals surface area contributed by atoms with Crippen LogP contribution in [-0.4, -0.2) is 43.2 Å². The van der Waals surface area contributed by atoms with Crippen LogP contribution in [0.5, 0.6) is 0 Å². The predicted molar refractivity (Wildman–Crippen MR) is 94.7 cm³/mol. The Balaban J connectivity index is 2.14. The molecule has 1 unspecified atom stereocenters. The van der Waals surface area contributed by atoms with Gasteiger partial charge in [0.15, 0.2) is 0 Å². The highest BCUT2D eigenvalue weighted by Gasteiger charge is 2.25. The number of anilines is 1. The summed E-state index contributed by atoms with van der Waals surface area (Å²) in [6.07, 6.45) is 0. The molecule has 0 aliphatic rings. The first-order chi connectivity index (χ1) is 12.2. The molecule has 10 heteroatoms. The van der Waals surface area contributed by atoms with Crippen LogP contribution in [0.3, 0.4) is 0 Å². The number of nitrogens with one attached hydrogen (secondary N) is 2. The lowest BCUT2D eigenvalue weighted by atomic mass is 10.2. The summed E-state index contributed by atoms with van der Waals surface area (Å²) in [6, 6.07) is 9.21. The Kier molecular flexibility index (Phi) is 6.32. The normalized spacial score (nSPS) is 12.4. The van der Waals surface area contributed by atoms with Crippen molar-refractivity contribution in [2.24, 2.45) is 0 Å². The second-order valence-corrected chi connectivity index (χ2v) is 7.34. The standard InChI is InChI=1S/C16H15ClN2O6S/c17-11-4-6-13(7-5-11)26(24,25)19-14(9-20)15(21)18-12-3-1-2-10(8-12)16(22)23/h1-8,14,19-20H,9H2,(H,18,21)(H,22,23). The lowest BCUT2D eigenvalue weighted by Crippen LogP contribution is -2.46. The largest absolute Gasteiger partial charge is 0.478 e. The average molecular weight is 399 g/mol. The van der Waals surface area contributed by atoms with Gasteiger partial charge in [0, 0.05) is 10.7 Å². The predicted octanol–water partition coefficient (Wildman–Crippen LogP) is 1.32. The van der Waals surface area contributed by atoms with Crippen LogP contribution in [0.25, 0.3) is 0 Å². The molecule has 0 radical (unpaired) electrons. The summed E-state index contributed by atoms with van der Waals surface area (Å²) in [7, 11) is -4.07. The molecule has 1 atom stereocenters. The van der Waals surface area contributed by atoms with Gasteiger partial charge in [0.25, 0.3) is 0 Å². The third-order valence-electron chi connectivity index (χ3n) is 3.30. The molecular formula is C16H15ClN2O6S. The highest BCUT2D eigenvalue weighted by atomic mass is 35.5. The van der Waals surface area contributed by atoms with Gasteiger partial charge in [-0.05, 0) is 42.5 Å². The van der Waals surface area contributed by atoms with Crippen molar-refractivity contribution in [3.8, 4) is 0 Å². The number of benzene rings is 2. The van der Waals surface area contributed by atoms with Gasteiger partial charge < -0.3 is 15.5 Å². The number of carbonyl (C=O) groups is 2. The molecule has 2 aromatic rings. The molecule has 0 aromatic heterocycles. The van der Waals surface area contributed by atoms with Crippen molar-refractivity contribution in [3.05, 3.63) is 59.1 Å². The van der Waals surface area contributed by atoms with Gasteiger partial charge in [-0.25, -0.2) is 13.2 Å². The molecule has 0 fully saturated rings. The van der Waals surface area contributed by atoms with Crippen LogP contribution in [0.15, 0.2) is 53.4 Å². The third kappa shape index (κ3) is 5.02. The van der Waals surface area contributed by atoms with Gasteiger partial charge in [0.1, 0.15) is 6.04 Å². The van der Waals surface area contributed by atoms with Gasteiger partial charge in [0.05, 0.1) is 17.1 Å². The van der Waals surface area contributed by atoms with Crippen molar-refractivity contribution in [1.82, 2.24) is 4.72 Å². The number of carboxylic acids is 1. The van der Waals surface area contributed by atoms with Crippen LogP contribution in [0.2, 0.25) is 5.02 Å². The summed E-state index contributed by atoms with van der Waals surface area (Å²) in [5.74, 6) is -2.02. The van der Waals surface area contributed by atoms with Crippen molar-refractivity contribution in [2.45, 2.75) is 10.9 Å². The van der Waals surface area contributed by atoms with Gasteiger partial charge in [-0.15, -0.1) is 0 Å². The average Bonchev–Trinajstić information content (AvgIpc) is 2.60. The number of amides is 1. The molecule has 8 nitrogen and oxygen atoms in total. The highest BCUT2D eigenvalue weighted by Crippen LogP contribution is 2.15. The number of rotatable bonds is 7. The van der Waals surface area contributed by atoms with Gasteiger partial charge in [-0.1, -0.05) is 17.7 Å². The lowest BCUT2D eigenvalue weighted by molar-refractivity contribution is -0.118. The quantitative estimate of drug-likeness (QED) is 0.556. The second-order valence-electron chi connectivity index (χ2n) is 5.19. The zero-order chi connectivity index (χ0) is 19.3. The van der Waals surface area contributed by atoms with E-state index in [-0.39, 0.29) is 16.1 Å². The minimum atomic E-state index is -4.07. The van der Waals surface area contributed by atoms with Gasteiger partial charge in [0.2, 0.25) is 15.9 Å². The van der Waals surface area contributed by atoms with E-state index in [2.05, 4.69) is 10.0 Å². The van der Waals surface area contributed by atoms with Crippen LogP contribution in [0, 0.1) is 0 Å². The summed E-state index contributed by atoms with van der Waals surface area (Å²) in [5.41, 5.74) is 0.101. The molecule has 0 aliphatic carbocycles. The van der Waals surface area contributed by atoms with Crippen molar-refractivity contribution < 1.29 is 28.2 Å². The summed E-state index contributed by atoms with van der Waals surface area (Å²) in [4.78, 5) is 23.0. The smallest absolute Gasteiger partial charge is 0.335 e. The molecule has 138 valence electrons. The molecule has 0 saturated heterocycles. The first-order valence-corrected chi connectivity index (χ1v) is 9.12. The number of aromatic carboxylic acids is 1. The number of carboxylic acid groups (broad SMARTS) is 1. The van der Waals surface area contributed by atoms with Gasteiger partial charge in [-0.3, -0.25) is 4.79 Å². The summed E-state index contributed by atoms with van der Waals surface area (Å²) in [6.45, 7) is -0.794. The monoisotopic (exact) mass is 398 g/mol. The lowest BCUT2D eigenvalue weighted by Gasteiger charge is -2.16.